The van der Waals surface area contributed by atoms with Gasteiger partial charge in [-0.25, -0.2) is 0 Å². The van der Waals surface area contributed by atoms with E-state index in [1.165, 1.54) is 5.69 Å². The first kappa shape index (κ1) is 23.1. The Morgan fingerprint density at radius 2 is 1.73 bits per heavy atom. The summed E-state index contributed by atoms with van der Waals surface area (Å²) in [6.07, 6.45) is 0. The number of anilines is 1. The lowest BCUT2D eigenvalue weighted by Crippen LogP contribution is -2.48. The molecule has 33 heavy (non-hydrogen) atoms. The van der Waals surface area contributed by atoms with Crippen LogP contribution in [0, 0.1) is 0 Å². The van der Waals surface area contributed by atoms with Crippen molar-refractivity contribution in [3.63, 3.8) is 0 Å². The summed E-state index contributed by atoms with van der Waals surface area (Å²) in [6, 6.07) is 18.3. The summed E-state index contributed by atoms with van der Waals surface area (Å²) in [4.78, 5) is 7.40. The number of aromatic nitrogens is 1. The van der Waals surface area contributed by atoms with E-state index in [2.05, 4.69) is 38.9 Å². The Morgan fingerprint density at radius 3 is 2.42 bits per heavy atom. The van der Waals surface area contributed by atoms with Crippen LogP contribution in [0.1, 0.15) is 12.7 Å². The van der Waals surface area contributed by atoms with Crippen LogP contribution in [-0.2, 0) is 6.54 Å². The van der Waals surface area contributed by atoms with Gasteiger partial charge >= 0.3 is 0 Å². The molecule has 0 N–H and O–H groups in total. The number of ether oxygens (including phenoxy) is 2. The summed E-state index contributed by atoms with van der Waals surface area (Å²) in [5, 5.41) is 4.27. The maximum absolute atomic E-state index is 5.65. The minimum absolute atomic E-state index is 0.754. The Bertz CT molecular complexity index is 997. The molecule has 0 radical (unpaired) electrons. The Labute approximate surface area is 196 Å². The normalized spacial score (nSPS) is 14.6. The van der Waals surface area contributed by atoms with Crippen molar-refractivity contribution in [3.05, 3.63) is 60.4 Å². The topological polar surface area (TPSA) is 54.2 Å². The zero-order chi connectivity index (χ0) is 23.0. The van der Waals surface area contributed by atoms with Crippen LogP contribution in [0.25, 0.3) is 11.3 Å². The molecule has 2 heterocycles. The van der Waals surface area contributed by atoms with Crippen molar-refractivity contribution in [2.24, 2.45) is 0 Å². The molecular formula is C26H34N4O3. The van der Waals surface area contributed by atoms with Crippen molar-refractivity contribution in [2.45, 2.75) is 13.5 Å². The number of nitrogens with zero attached hydrogens (tertiary/aromatic N) is 4. The Kier molecular flexibility index (Phi) is 7.86. The van der Waals surface area contributed by atoms with E-state index < -0.39 is 0 Å². The van der Waals surface area contributed by atoms with Crippen LogP contribution in [0.4, 0.5) is 5.69 Å². The fourth-order valence-corrected chi connectivity index (χ4v) is 4.25. The minimum atomic E-state index is 0.754. The fourth-order valence-electron chi connectivity index (χ4n) is 4.25. The highest BCUT2D eigenvalue weighted by Gasteiger charge is 2.19. The van der Waals surface area contributed by atoms with Gasteiger partial charge in [-0.15, -0.1) is 0 Å². The van der Waals surface area contributed by atoms with Gasteiger partial charge in [-0.3, -0.25) is 9.80 Å². The highest BCUT2D eigenvalue weighted by molar-refractivity contribution is 5.66. The van der Waals surface area contributed by atoms with Gasteiger partial charge in [0.25, 0.3) is 0 Å². The number of piperazine rings is 1. The zero-order valence-electron chi connectivity index (χ0n) is 19.9. The molecule has 7 heteroatoms. The van der Waals surface area contributed by atoms with Gasteiger partial charge in [0.05, 0.1) is 20.8 Å². The summed E-state index contributed by atoms with van der Waals surface area (Å²) in [5.41, 5.74) is 3.03. The van der Waals surface area contributed by atoms with Gasteiger partial charge in [0.1, 0.15) is 17.2 Å². The SMILES string of the molecule is CCN(CCN1CCN(c2ccc(OC)cc2)CC1)Cc1cc(-c2ccccc2OC)no1. The standard InChI is InChI=1S/C26H34N4O3/c1-4-28(20-23-19-25(27-33-23)24-7-5-6-8-26(24)32-3)13-14-29-15-17-30(18-16-29)21-9-11-22(31-2)12-10-21/h5-12,19H,4,13-18,20H2,1-3H3. The number of hydrogen-bond donors (Lipinski definition) is 0. The van der Waals surface area contributed by atoms with Crippen molar-refractivity contribution in [1.29, 1.82) is 0 Å². The first-order chi connectivity index (χ1) is 16.2. The van der Waals surface area contributed by atoms with Crippen molar-refractivity contribution < 1.29 is 14.0 Å². The molecule has 0 saturated carbocycles. The second-order valence-corrected chi connectivity index (χ2v) is 8.27. The molecule has 1 aromatic heterocycles. The molecule has 0 atom stereocenters. The molecule has 2 aromatic carbocycles. The average molecular weight is 451 g/mol. The number of rotatable bonds is 10. The van der Waals surface area contributed by atoms with Crippen molar-refractivity contribution in [1.82, 2.24) is 15.0 Å². The van der Waals surface area contributed by atoms with Crippen LogP contribution in [0.15, 0.2) is 59.1 Å². The molecular weight excluding hydrogens is 416 g/mol. The van der Waals surface area contributed by atoms with Gasteiger partial charge in [-0.05, 0) is 42.9 Å². The summed E-state index contributed by atoms with van der Waals surface area (Å²) >= 11 is 0. The van der Waals surface area contributed by atoms with Crippen LogP contribution < -0.4 is 14.4 Å². The quantitative estimate of drug-likeness (QED) is 0.463. The monoisotopic (exact) mass is 450 g/mol. The molecule has 176 valence electrons. The van der Waals surface area contributed by atoms with Gasteiger partial charge < -0.3 is 18.9 Å². The number of hydrogen-bond acceptors (Lipinski definition) is 7. The lowest BCUT2D eigenvalue weighted by molar-refractivity contribution is 0.185. The first-order valence-electron chi connectivity index (χ1n) is 11.6. The van der Waals surface area contributed by atoms with Crippen LogP contribution in [0.5, 0.6) is 11.5 Å². The highest BCUT2D eigenvalue weighted by Crippen LogP contribution is 2.29. The van der Waals surface area contributed by atoms with E-state index in [1.807, 2.05) is 42.5 Å². The molecule has 1 aliphatic rings. The van der Waals surface area contributed by atoms with E-state index in [1.54, 1.807) is 14.2 Å². The van der Waals surface area contributed by atoms with Crippen molar-refractivity contribution >= 4 is 5.69 Å². The van der Waals surface area contributed by atoms with Gasteiger partial charge in [0.2, 0.25) is 0 Å². The summed E-state index contributed by atoms with van der Waals surface area (Å²) in [5.74, 6) is 2.58. The fraction of sp³-hybridized carbons (Fsp3) is 0.423. The Balaban J connectivity index is 1.26. The van der Waals surface area contributed by atoms with E-state index in [4.69, 9.17) is 14.0 Å². The first-order valence-corrected chi connectivity index (χ1v) is 11.6. The maximum atomic E-state index is 5.65. The molecule has 1 fully saturated rings. The predicted octanol–water partition coefficient (Wildman–Crippen LogP) is 4.00. The molecule has 0 unspecified atom stereocenters. The number of para-hydroxylation sites is 1. The van der Waals surface area contributed by atoms with E-state index in [-0.39, 0.29) is 0 Å². The molecule has 0 bridgehead atoms. The third-order valence-corrected chi connectivity index (χ3v) is 6.31. The van der Waals surface area contributed by atoms with Gasteiger partial charge in [-0.1, -0.05) is 24.2 Å². The molecule has 7 nitrogen and oxygen atoms in total. The molecule has 0 spiro atoms. The Hall–Kier alpha value is -3.03. The summed E-state index contributed by atoms with van der Waals surface area (Å²) in [7, 11) is 3.38. The number of likely N-dealkylation sites (N-methyl/N-ethyl adjacent to an activating group) is 1. The molecule has 0 aliphatic carbocycles. The van der Waals surface area contributed by atoms with Gasteiger partial charge in [-0.2, -0.15) is 0 Å². The summed E-state index contributed by atoms with van der Waals surface area (Å²) in [6.45, 7) is 10.2. The predicted molar refractivity (Wildman–Crippen MR) is 131 cm³/mol. The Morgan fingerprint density at radius 1 is 0.970 bits per heavy atom. The molecule has 4 rings (SSSR count). The van der Waals surface area contributed by atoms with Crippen molar-refractivity contribution in [2.75, 3.05) is 64.9 Å². The second kappa shape index (κ2) is 11.2. The largest absolute Gasteiger partial charge is 0.497 e. The van der Waals surface area contributed by atoms with E-state index in [0.29, 0.717) is 0 Å². The van der Waals surface area contributed by atoms with Gasteiger partial charge in [0, 0.05) is 56.6 Å². The number of benzene rings is 2. The third kappa shape index (κ3) is 5.86. The van der Waals surface area contributed by atoms with Gasteiger partial charge in [0.15, 0.2) is 5.76 Å². The van der Waals surface area contributed by atoms with E-state index in [0.717, 1.165) is 80.9 Å². The minimum Gasteiger partial charge on any atom is -0.497 e. The van der Waals surface area contributed by atoms with Crippen LogP contribution in [-0.4, -0.2) is 75.0 Å². The molecule has 1 saturated heterocycles. The number of methoxy groups -OCH3 is 2. The second-order valence-electron chi connectivity index (χ2n) is 8.27. The summed E-state index contributed by atoms with van der Waals surface area (Å²) < 4.78 is 16.4. The molecule has 0 amide bonds. The third-order valence-electron chi connectivity index (χ3n) is 6.31. The molecule has 1 aliphatic heterocycles. The van der Waals surface area contributed by atoms with Crippen LogP contribution in [0.2, 0.25) is 0 Å². The lowest BCUT2D eigenvalue weighted by Gasteiger charge is -2.37. The van der Waals surface area contributed by atoms with Crippen molar-refractivity contribution in [3.8, 4) is 22.8 Å². The average Bonchev–Trinajstić information content (AvgIpc) is 3.35. The lowest BCUT2D eigenvalue weighted by atomic mass is 10.1. The van der Waals surface area contributed by atoms with E-state index in [9.17, 15) is 0 Å². The molecule has 3 aromatic rings. The highest BCUT2D eigenvalue weighted by atomic mass is 16.5. The zero-order valence-corrected chi connectivity index (χ0v) is 19.9. The van der Waals surface area contributed by atoms with Crippen LogP contribution in [0.3, 0.4) is 0 Å². The maximum Gasteiger partial charge on any atom is 0.151 e. The smallest absolute Gasteiger partial charge is 0.151 e. The van der Waals surface area contributed by atoms with Crippen LogP contribution >= 0.6 is 0 Å². The van der Waals surface area contributed by atoms with E-state index >= 15 is 0 Å².